The number of likely N-dealkylation sites (tertiary alicyclic amines) is 1. The Morgan fingerprint density at radius 1 is 0.957 bits per heavy atom. The van der Waals surface area contributed by atoms with Crippen LogP contribution >= 0.6 is 0 Å². The topological polar surface area (TPSA) is 42.1 Å². The van der Waals surface area contributed by atoms with E-state index in [1.54, 1.807) is 0 Å². The summed E-state index contributed by atoms with van der Waals surface area (Å²) < 4.78 is 4.57. The second-order valence-corrected chi connectivity index (χ2v) is 6.78. The third kappa shape index (κ3) is 3.19. The van der Waals surface area contributed by atoms with Gasteiger partial charge in [0.1, 0.15) is 11.6 Å². The van der Waals surface area contributed by atoms with Gasteiger partial charge in [-0.15, -0.1) is 0 Å². The predicted molar refractivity (Wildman–Crippen MR) is 88.9 cm³/mol. The van der Waals surface area contributed by atoms with Crippen LogP contribution in [0.4, 0.5) is 0 Å². The molecule has 0 atom stereocenters. The maximum Gasteiger partial charge on any atom is 0.122 e. The van der Waals surface area contributed by atoms with E-state index in [-0.39, 0.29) is 0 Å². The highest BCUT2D eigenvalue weighted by Crippen LogP contribution is 2.17. The number of hydrogen-bond donors (Lipinski definition) is 0. The van der Waals surface area contributed by atoms with E-state index in [1.807, 2.05) is 12.4 Å². The van der Waals surface area contributed by atoms with Crippen LogP contribution in [0.3, 0.4) is 0 Å². The van der Waals surface area contributed by atoms with Crippen molar-refractivity contribution >= 4 is 0 Å². The summed E-state index contributed by atoms with van der Waals surface area (Å²) >= 11 is 0. The van der Waals surface area contributed by atoms with E-state index in [9.17, 15) is 0 Å². The van der Waals surface area contributed by atoms with Crippen LogP contribution in [0.1, 0.15) is 30.2 Å². The van der Waals surface area contributed by atoms with Gasteiger partial charge in [0.05, 0.1) is 12.2 Å². The minimum Gasteiger partial charge on any atom is -0.337 e. The highest BCUT2D eigenvalue weighted by atomic mass is 15.2. The Labute approximate surface area is 137 Å². The molecule has 0 bridgehead atoms. The molecule has 2 aliphatic heterocycles. The monoisotopic (exact) mass is 314 g/mol. The van der Waals surface area contributed by atoms with Gasteiger partial charge in [-0.1, -0.05) is 0 Å². The lowest BCUT2D eigenvalue weighted by atomic mass is 10.3. The molecule has 0 unspecified atom stereocenters. The Morgan fingerprint density at radius 3 is 2.57 bits per heavy atom. The van der Waals surface area contributed by atoms with Crippen molar-refractivity contribution in [3.05, 3.63) is 35.9 Å². The van der Waals surface area contributed by atoms with E-state index in [2.05, 4.69) is 37.2 Å². The number of aromatic nitrogens is 4. The molecule has 2 aromatic heterocycles. The van der Waals surface area contributed by atoms with Gasteiger partial charge in [0, 0.05) is 58.2 Å². The fraction of sp³-hybridized carbons (Fsp3) is 0.647. The molecule has 0 aromatic carbocycles. The van der Waals surface area contributed by atoms with Gasteiger partial charge >= 0.3 is 0 Å². The van der Waals surface area contributed by atoms with Gasteiger partial charge in [-0.2, -0.15) is 0 Å². The molecule has 0 aliphatic carbocycles. The summed E-state index contributed by atoms with van der Waals surface area (Å²) in [4.78, 5) is 14.2. The fourth-order valence-corrected chi connectivity index (χ4v) is 3.74. The average Bonchev–Trinajstić information content (AvgIpc) is 3.24. The van der Waals surface area contributed by atoms with Crippen LogP contribution < -0.4 is 0 Å². The normalized spacial score (nSPS) is 19.9. The van der Waals surface area contributed by atoms with E-state index in [4.69, 9.17) is 4.98 Å². The second-order valence-electron chi connectivity index (χ2n) is 6.78. The highest BCUT2D eigenvalue weighted by Gasteiger charge is 2.20. The summed E-state index contributed by atoms with van der Waals surface area (Å²) in [5, 5.41) is 0. The Hall–Kier alpha value is -1.66. The van der Waals surface area contributed by atoms with Crippen LogP contribution in [0.15, 0.2) is 18.6 Å². The lowest BCUT2D eigenvalue weighted by molar-refractivity contribution is 0.259. The van der Waals surface area contributed by atoms with E-state index >= 15 is 0 Å². The predicted octanol–water partition coefficient (Wildman–Crippen LogP) is 1.27. The zero-order valence-electron chi connectivity index (χ0n) is 14.0. The van der Waals surface area contributed by atoms with Gasteiger partial charge in [-0.05, 0) is 25.9 Å². The molecule has 6 heteroatoms. The minimum atomic E-state index is 0.926. The van der Waals surface area contributed by atoms with Gasteiger partial charge in [0.25, 0.3) is 0 Å². The van der Waals surface area contributed by atoms with Gasteiger partial charge in [-0.3, -0.25) is 9.80 Å². The molecule has 1 fully saturated rings. The molecule has 0 saturated carbocycles. The van der Waals surface area contributed by atoms with Gasteiger partial charge in [0.2, 0.25) is 0 Å². The van der Waals surface area contributed by atoms with Crippen LogP contribution in [0.2, 0.25) is 0 Å². The maximum atomic E-state index is 4.70. The van der Waals surface area contributed by atoms with Crippen molar-refractivity contribution in [2.24, 2.45) is 7.05 Å². The van der Waals surface area contributed by atoms with Crippen molar-refractivity contribution in [2.45, 2.75) is 38.9 Å². The quantitative estimate of drug-likeness (QED) is 0.852. The lowest BCUT2D eigenvalue weighted by Gasteiger charge is -2.20. The highest BCUT2D eigenvalue weighted by molar-refractivity contribution is 5.08. The van der Waals surface area contributed by atoms with Crippen molar-refractivity contribution in [1.29, 1.82) is 0 Å². The average molecular weight is 314 g/mol. The number of fused-ring (bicyclic) bond motifs is 1. The van der Waals surface area contributed by atoms with Crippen LogP contribution in [-0.4, -0.2) is 55.1 Å². The molecule has 4 heterocycles. The molecule has 4 rings (SSSR count). The molecule has 2 aliphatic rings. The molecule has 0 N–H and O–H groups in total. The first-order chi connectivity index (χ1) is 11.3. The summed E-state index contributed by atoms with van der Waals surface area (Å²) in [6.07, 6.45) is 9.72. The number of nitrogens with zero attached hydrogens (tertiary/aromatic N) is 6. The van der Waals surface area contributed by atoms with Crippen LogP contribution in [0, 0.1) is 0 Å². The molecule has 0 spiro atoms. The van der Waals surface area contributed by atoms with E-state index in [0.717, 1.165) is 45.0 Å². The van der Waals surface area contributed by atoms with Gasteiger partial charge in [-0.25, -0.2) is 9.97 Å². The third-order valence-electron chi connectivity index (χ3n) is 5.18. The zero-order chi connectivity index (χ0) is 15.6. The smallest absolute Gasteiger partial charge is 0.122 e. The van der Waals surface area contributed by atoms with Gasteiger partial charge < -0.3 is 9.13 Å². The van der Waals surface area contributed by atoms with Crippen molar-refractivity contribution in [2.75, 3.05) is 26.2 Å². The van der Waals surface area contributed by atoms with Crippen LogP contribution in [-0.2, 0) is 33.1 Å². The molecular weight excluding hydrogens is 288 g/mol. The molecule has 0 amide bonds. The van der Waals surface area contributed by atoms with E-state index in [0.29, 0.717) is 0 Å². The van der Waals surface area contributed by atoms with Gasteiger partial charge in [0.15, 0.2) is 0 Å². The van der Waals surface area contributed by atoms with Crippen molar-refractivity contribution < 1.29 is 0 Å². The standard InChI is InChI=1S/C17H26N6/c1-20-9-5-18-17(20)14-22-8-4-16-19-12-15(23(16)11-10-22)13-21-6-2-3-7-21/h5,9,12H,2-4,6-8,10-11,13-14H2,1H3. The molecule has 1 saturated heterocycles. The maximum absolute atomic E-state index is 4.70. The minimum absolute atomic E-state index is 0.926. The van der Waals surface area contributed by atoms with Crippen molar-refractivity contribution in [1.82, 2.24) is 28.9 Å². The Morgan fingerprint density at radius 2 is 1.78 bits per heavy atom. The summed E-state index contributed by atoms with van der Waals surface area (Å²) in [6.45, 7) is 7.65. The Balaban J connectivity index is 1.42. The molecular formula is C17H26N6. The summed E-state index contributed by atoms with van der Waals surface area (Å²) in [5.41, 5.74) is 1.39. The Kier molecular flexibility index (Phi) is 4.18. The molecule has 6 nitrogen and oxygen atoms in total. The first-order valence-corrected chi connectivity index (χ1v) is 8.74. The van der Waals surface area contributed by atoms with Crippen LogP contribution in [0.5, 0.6) is 0 Å². The first kappa shape index (κ1) is 14.9. The number of rotatable bonds is 4. The fourth-order valence-electron chi connectivity index (χ4n) is 3.74. The molecule has 2 aromatic rings. The summed E-state index contributed by atoms with van der Waals surface area (Å²) in [6, 6.07) is 0. The Bertz CT molecular complexity index is 652. The largest absolute Gasteiger partial charge is 0.337 e. The summed E-state index contributed by atoms with van der Waals surface area (Å²) in [7, 11) is 2.07. The first-order valence-electron chi connectivity index (χ1n) is 8.74. The summed E-state index contributed by atoms with van der Waals surface area (Å²) in [5.74, 6) is 2.39. The number of hydrogen-bond acceptors (Lipinski definition) is 4. The van der Waals surface area contributed by atoms with Crippen molar-refractivity contribution in [3.8, 4) is 0 Å². The van der Waals surface area contributed by atoms with Crippen molar-refractivity contribution in [3.63, 3.8) is 0 Å². The third-order valence-corrected chi connectivity index (χ3v) is 5.18. The number of aryl methyl sites for hydroxylation is 1. The zero-order valence-corrected chi connectivity index (χ0v) is 14.0. The van der Waals surface area contributed by atoms with E-state index < -0.39 is 0 Å². The molecule has 23 heavy (non-hydrogen) atoms. The molecule has 0 radical (unpaired) electrons. The van der Waals surface area contributed by atoms with E-state index in [1.165, 1.54) is 37.4 Å². The SMILES string of the molecule is Cn1ccnc1CN1CCc2ncc(CN3CCCC3)n2CC1. The lowest BCUT2D eigenvalue weighted by Crippen LogP contribution is -2.28. The second kappa shape index (κ2) is 6.45. The number of imidazole rings is 2. The molecule has 124 valence electrons. The van der Waals surface area contributed by atoms with Crippen LogP contribution in [0.25, 0.3) is 0 Å².